The Bertz CT molecular complexity index is 1460. The quantitative estimate of drug-likeness (QED) is 0.336. The van der Waals surface area contributed by atoms with Gasteiger partial charge in [-0.05, 0) is 55.2 Å². The van der Waals surface area contributed by atoms with Gasteiger partial charge in [-0.25, -0.2) is 0 Å². The van der Waals surface area contributed by atoms with Gasteiger partial charge in [0.2, 0.25) is 11.7 Å². The molecule has 1 aliphatic carbocycles. The lowest BCUT2D eigenvalue weighted by atomic mass is 9.78. The van der Waals surface area contributed by atoms with Crippen molar-refractivity contribution in [2.45, 2.75) is 71.0 Å². The third-order valence-corrected chi connectivity index (χ3v) is 8.58. The number of carbonyl (C=O) groups excluding carboxylic acids is 5. The summed E-state index contributed by atoms with van der Waals surface area (Å²) in [7, 11) is 0. The predicted octanol–water partition coefficient (Wildman–Crippen LogP) is 3.93. The second kappa shape index (κ2) is 12.3. The number of carbonyl (C=O) groups is 5. The molecule has 3 amide bonds. The molecule has 0 spiro atoms. The zero-order valence-corrected chi connectivity index (χ0v) is 24.2. The first kappa shape index (κ1) is 29.2. The molecule has 2 heterocycles. The van der Waals surface area contributed by atoms with Crippen molar-refractivity contribution in [1.82, 2.24) is 20.5 Å². The van der Waals surface area contributed by atoms with Crippen molar-refractivity contribution in [2.75, 3.05) is 6.54 Å². The fourth-order valence-corrected chi connectivity index (χ4v) is 6.08. The van der Waals surface area contributed by atoms with Crippen LogP contribution >= 0.6 is 0 Å². The molecule has 1 saturated heterocycles. The number of hydrogen-bond acceptors (Lipinski definition) is 5. The Morgan fingerprint density at radius 2 is 1.79 bits per heavy atom. The second-order valence-electron chi connectivity index (χ2n) is 12.3. The molecule has 3 N–H and O–H groups in total. The predicted molar refractivity (Wildman–Crippen MR) is 158 cm³/mol. The highest BCUT2D eigenvalue weighted by atomic mass is 16.2. The molecule has 1 saturated carbocycles. The average molecular weight is 571 g/mol. The lowest BCUT2D eigenvalue weighted by Gasteiger charge is -2.42. The average Bonchev–Trinajstić information content (AvgIpc) is 3.60. The fraction of sp³-hybridized carbons (Fsp3) is 0.424. The van der Waals surface area contributed by atoms with Crippen LogP contribution in [0.3, 0.4) is 0 Å². The molecular weight excluding hydrogens is 532 g/mol. The van der Waals surface area contributed by atoms with Crippen molar-refractivity contribution >= 4 is 40.2 Å². The summed E-state index contributed by atoms with van der Waals surface area (Å²) in [6.07, 6.45) is 2.95. The molecule has 42 heavy (non-hydrogen) atoms. The molecular formula is C33H38N4O5. The number of hydrogen-bond donors (Lipinski definition) is 3. The summed E-state index contributed by atoms with van der Waals surface area (Å²) in [5.74, 6) is -2.75. The number of benzene rings is 2. The maximum absolute atomic E-state index is 13.9. The van der Waals surface area contributed by atoms with Crippen LogP contribution in [0.15, 0.2) is 60.7 Å². The van der Waals surface area contributed by atoms with Crippen molar-refractivity contribution in [1.29, 1.82) is 0 Å². The molecule has 3 aromatic rings. The lowest BCUT2D eigenvalue weighted by molar-refractivity contribution is -0.141. The summed E-state index contributed by atoms with van der Waals surface area (Å²) < 4.78 is 0. The van der Waals surface area contributed by atoms with E-state index >= 15 is 0 Å². The Balaban J connectivity index is 1.35. The van der Waals surface area contributed by atoms with E-state index in [4.69, 9.17) is 0 Å². The van der Waals surface area contributed by atoms with E-state index in [1.807, 2.05) is 54.6 Å². The van der Waals surface area contributed by atoms with Gasteiger partial charge >= 0.3 is 0 Å². The number of nitrogens with zero attached hydrogens (tertiary/aromatic N) is 1. The van der Waals surface area contributed by atoms with Crippen molar-refractivity contribution in [3.05, 3.63) is 71.9 Å². The number of ketones is 2. The summed E-state index contributed by atoms with van der Waals surface area (Å²) in [6, 6.07) is 16.6. The van der Waals surface area contributed by atoms with E-state index in [0.29, 0.717) is 37.9 Å². The molecule has 2 aromatic carbocycles. The first-order valence-electron chi connectivity index (χ1n) is 14.7. The van der Waals surface area contributed by atoms with E-state index in [-0.39, 0.29) is 30.1 Å². The minimum atomic E-state index is -1.17. The number of aromatic nitrogens is 1. The molecule has 0 radical (unpaired) electrons. The van der Waals surface area contributed by atoms with Crippen molar-refractivity contribution in [2.24, 2.45) is 11.3 Å². The van der Waals surface area contributed by atoms with Gasteiger partial charge in [0.05, 0.1) is 6.04 Å². The molecule has 3 atom stereocenters. The highest BCUT2D eigenvalue weighted by Gasteiger charge is 2.42. The Kier molecular flexibility index (Phi) is 8.56. The number of Topliss-reactive ketones (excluding diaryl/α,β-unsaturated/α-hetero) is 2. The molecule has 220 valence electrons. The van der Waals surface area contributed by atoms with E-state index in [2.05, 4.69) is 29.5 Å². The number of fused-ring (bicyclic) bond motifs is 1. The second-order valence-corrected chi connectivity index (χ2v) is 12.3. The SMILES string of the molecule is CC1(C)CCN(C(=O)c2cc3ccccc3[nH]2)C(C(=O)NC(CC2CCCC2=O)C(=O)C(=O)NCc2ccccc2)C1. The number of H-pyrrole nitrogens is 1. The lowest BCUT2D eigenvalue weighted by Crippen LogP contribution is -2.58. The van der Waals surface area contributed by atoms with Gasteiger partial charge in [0.15, 0.2) is 0 Å². The summed E-state index contributed by atoms with van der Waals surface area (Å²) in [5, 5.41) is 6.35. The zero-order valence-electron chi connectivity index (χ0n) is 24.2. The van der Waals surface area contributed by atoms with Crippen LogP contribution in [0.5, 0.6) is 0 Å². The van der Waals surface area contributed by atoms with Crippen molar-refractivity contribution < 1.29 is 24.0 Å². The Morgan fingerprint density at radius 3 is 2.50 bits per heavy atom. The normalized spacial score (nSPS) is 20.7. The third-order valence-electron chi connectivity index (χ3n) is 8.58. The van der Waals surface area contributed by atoms with Crippen LogP contribution in [-0.2, 0) is 25.7 Å². The summed E-state index contributed by atoms with van der Waals surface area (Å²) >= 11 is 0. The maximum Gasteiger partial charge on any atom is 0.289 e. The Labute approximate surface area is 245 Å². The van der Waals surface area contributed by atoms with E-state index < -0.39 is 35.6 Å². The molecule has 2 fully saturated rings. The van der Waals surface area contributed by atoms with Gasteiger partial charge < -0.3 is 20.5 Å². The van der Waals surface area contributed by atoms with Gasteiger partial charge in [-0.15, -0.1) is 0 Å². The van der Waals surface area contributed by atoms with Gasteiger partial charge in [-0.2, -0.15) is 0 Å². The Hall–Kier alpha value is -4.27. The van der Waals surface area contributed by atoms with Crippen molar-refractivity contribution in [3.8, 4) is 0 Å². The molecule has 9 heteroatoms. The molecule has 1 aliphatic heterocycles. The largest absolute Gasteiger partial charge is 0.351 e. The van der Waals surface area contributed by atoms with Crippen LogP contribution in [0.1, 0.15) is 68.4 Å². The van der Waals surface area contributed by atoms with Crippen molar-refractivity contribution in [3.63, 3.8) is 0 Å². The Morgan fingerprint density at radius 1 is 1.05 bits per heavy atom. The molecule has 1 aromatic heterocycles. The highest BCUT2D eigenvalue weighted by molar-refractivity contribution is 6.38. The first-order chi connectivity index (χ1) is 20.1. The number of amides is 3. The van der Waals surface area contributed by atoms with E-state index in [1.165, 1.54) is 0 Å². The van der Waals surface area contributed by atoms with E-state index in [1.54, 1.807) is 11.0 Å². The van der Waals surface area contributed by atoms with E-state index in [0.717, 1.165) is 22.9 Å². The van der Waals surface area contributed by atoms with Gasteiger partial charge in [0.25, 0.3) is 11.8 Å². The zero-order chi connectivity index (χ0) is 29.9. The minimum Gasteiger partial charge on any atom is -0.351 e. The van der Waals surface area contributed by atoms with Gasteiger partial charge in [0, 0.05) is 36.3 Å². The molecule has 5 rings (SSSR count). The standard InChI is InChI=1S/C33H38N4O5/c1-33(2)15-16-37(32(42)26-17-22-11-6-7-13-24(22)35-26)27(19-33)30(40)36-25(18-23-12-8-14-28(23)38)29(39)31(41)34-20-21-9-4-3-5-10-21/h3-7,9-11,13,17,23,25,27,35H,8,12,14-16,18-20H2,1-2H3,(H,34,41)(H,36,40). The van der Waals surface area contributed by atoms with Crippen LogP contribution in [0.2, 0.25) is 0 Å². The van der Waals surface area contributed by atoms with E-state index in [9.17, 15) is 24.0 Å². The molecule has 3 unspecified atom stereocenters. The third kappa shape index (κ3) is 6.61. The van der Waals surface area contributed by atoms with Gasteiger partial charge in [-0.3, -0.25) is 24.0 Å². The summed E-state index contributed by atoms with van der Waals surface area (Å²) in [5.41, 5.74) is 1.83. The molecule has 9 nitrogen and oxygen atoms in total. The maximum atomic E-state index is 13.9. The number of piperidine rings is 1. The van der Waals surface area contributed by atoms with Crippen LogP contribution in [0.4, 0.5) is 0 Å². The summed E-state index contributed by atoms with van der Waals surface area (Å²) in [6.45, 7) is 4.64. The van der Waals surface area contributed by atoms with Crippen LogP contribution in [-0.4, -0.2) is 57.8 Å². The van der Waals surface area contributed by atoms with Gasteiger partial charge in [0.1, 0.15) is 17.5 Å². The molecule has 0 bridgehead atoms. The number of nitrogens with one attached hydrogen (secondary N) is 3. The fourth-order valence-electron chi connectivity index (χ4n) is 6.08. The number of para-hydroxylation sites is 1. The topological polar surface area (TPSA) is 128 Å². The molecule has 2 aliphatic rings. The van der Waals surface area contributed by atoms with Crippen LogP contribution in [0, 0.1) is 11.3 Å². The first-order valence-corrected chi connectivity index (χ1v) is 14.7. The number of aromatic amines is 1. The highest BCUT2D eigenvalue weighted by Crippen LogP contribution is 2.35. The van der Waals surface area contributed by atoms with Gasteiger partial charge in [-0.1, -0.05) is 62.4 Å². The monoisotopic (exact) mass is 570 g/mol. The van der Waals surface area contributed by atoms with Crippen LogP contribution < -0.4 is 10.6 Å². The summed E-state index contributed by atoms with van der Waals surface area (Å²) in [4.78, 5) is 71.2. The number of rotatable bonds is 9. The minimum absolute atomic E-state index is 0.0427. The number of likely N-dealkylation sites (tertiary alicyclic amines) is 1. The smallest absolute Gasteiger partial charge is 0.289 e. The van der Waals surface area contributed by atoms with Crippen LogP contribution in [0.25, 0.3) is 10.9 Å².